The molecule has 1 aromatic rings. The van der Waals surface area contributed by atoms with Crippen molar-refractivity contribution in [3.05, 3.63) is 28.8 Å². The van der Waals surface area contributed by atoms with Crippen LogP contribution in [0.25, 0.3) is 0 Å². The smallest absolute Gasteiger partial charge is 0.337 e. The zero-order chi connectivity index (χ0) is 17.9. The number of halogens is 1. The Morgan fingerprint density at radius 2 is 2.12 bits per heavy atom. The van der Waals surface area contributed by atoms with E-state index < -0.39 is 11.9 Å². The van der Waals surface area contributed by atoms with Crippen LogP contribution < -0.4 is 10.2 Å². The van der Waals surface area contributed by atoms with Crippen molar-refractivity contribution in [2.75, 3.05) is 25.1 Å². The second-order valence-corrected chi connectivity index (χ2v) is 6.61. The lowest BCUT2D eigenvalue weighted by Gasteiger charge is -2.19. The standard InChI is InChI=1S/C17H21ClN2O4/c1-10(2)8-19-16(22)12-7-15(21)20(9-12)14-6-11(17(23)24-3)4-5-13(14)18/h4-6,10,12H,7-9H2,1-3H3,(H,19,22). The van der Waals surface area contributed by atoms with Gasteiger partial charge >= 0.3 is 5.97 Å². The molecule has 1 aromatic carbocycles. The number of ether oxygens (including phenoxy) is 1. The van der Waals surface area contributed by atoms with Crippen LogP contribution in [0.1, 0.15) is 30.6 Å². The summed E-state index contributed by atoms with van der Waals surface area (Å²) in [4.78, 5) is 37.6. The maximum atomic E-state index is 12.3. The largest absolute Gasteiger partial charge is 0.465 e. The summed E-state index contributed by atoms with van der Waals surface area (Å²) in [6.07, 6.45) is 0.128. The van der Waals surface area contributed by atoms with Gasteiger partial charge in [0.1, 0.15) is 0 Å². The molecule has 2 amide bonds. The van der Waals surface area contributed by atoms with Gasteiger partial charge in [0, 0.05) is 19.5 Å². The van der Waals surface area contributed by atoms with Crippen LogP contribution in [0.4, 0.5) is 5.69 Å². The second kappa shape index (κ2) is 7.66. The molecule has 1 unspecified atom stereocenters. The first-order valence-corrected chi connectivity index (χ1v) is 8.17. The summed E-state index contributed by atoms with van der Waals surface area (Å²) in [5.74, 6) is -0.920. The normalized spacial score (nSPS) is 17.3. The molecule has 1 atom stereocenters. The fourth-order valence-corrected chi connectivity index (χ4v) is 2.75. The summed E-state index contributed by atoms with van der Waals surface area (Å²) >= 11 is 6.17. The zero-order valence-electron chi connectivity index (χ0n) is 14.0. The van der Waals surface area contributed by atoms with E-state index in [-0.39, 0.29) is 24.8 Å². The van der Waals surface area contributed by atoms with Gasteiger partial charge in [-0.1, -0.05) is 25.4 Å². The number of hydrogen-bond donors (Lipinski definition) is 1. The minimum Gasteiger partial charge on any atom is -0.465 e. The van der Waals surface area contributed by atoms with Crippen LogP contribution in [0.3, 0.4) is 0 Å². The lowest BCUT2D eigenvalue weighted by Crippen LogP contribution is -2.35. The van der Waals surface area contributed by atoms with Crippen molar-refractivity contribution in [3.63, 3.8) is 0 Å². The summed E-state index contributed by atoms with van der Waals surface area (Å²) in [5, 5.41) is 3.19. The first-order chi connectivity index (χ1) is 11.3. The Hall–Kier alpha value is -2.08. The lowest BCUT2D eigenvalue weighted by atomic mass is 10.1. The first-order valence-electron chi connectivity index (χ1n) is 7.79. The lowest BCUT2D eigenvalue weighted by molar-refractivity contribution is -0.126. The number of carbonyl (C=O) groups is 3. The van der Waals surface area contributed by atoms with E-state index >= 15 is 0 Å². The Balaban J connectivity index is 2.17. The number of esters is 1. The molecule has 1 saturated heterocycles. The molecule has 2 rings (SSSR count). The van der Waals surface area contributed by atoms with Crippen molar-refractivity contribution in [1.82, 2.24) is 5.32 Å². The number of nitrogens with one attached hydrogen (secondary N) is 1. The zero-order valence-corrected chi connectivity index (χ0v) is 14.7. The summed E-state index contributed by atoms with van der Waals surface area (Å²) in [6.45, 7) is 4.82. The van der Waals surface area contributed by atoms with Crippen molar-refractivity contribution in [1.29, 1.82) is 0 Å². The molecular formula is C17H21ClN2O4. The minimum absolute atomic E-state index is 0.128. The van der Waals surface area contributed by atoms with Crippen molar-refractivity contribution in [2.45, 2.75) is 20.3 Å². The third-order valence-corrected chi connectivity index (χ3v) is 4.16. The molecule has 0 saturated carbocycles. The molecule has 6 nitrogen and oxygen atoms in total. The topological polar surface area (TPSA) is 75.7 Å². The van der Waals surface area contributed by atoms with E-state index in [1.807, 2.05) is 13.8 Å². The fraction of sp³-hybridized carbons (Fsp3) is 0.471. The van der Waals surface area contributed by atoms with Gasteiger partial charge in [0.05, 0.1) is 29.3 Å². The molecule has 1 aliphatic heterocycles. The number of nitrogens with zero attached hydrogens (tertiary/aromatic N) is 1. The summed E-state index contributed by atoms with van der Waals surface area (Å²) < 4.78 is 4.68. The van der Waals surface area contributed by atoms with Gasteiger partial charge in [0.2, 0.25) is 11.8 Å². The van der Waals surface area contributed by atoms with Crippen molar-refractivity contribution >= 4 is 35.1 Å². The number of anilines is 1. The molecule has 1 fully saturated rings. The highest BCUT2D eigenvalue weighted by Crippen LogP contribution is 2.32. The summed E-state index contributed by atoms with van der Waals surface area (Å²) in [6, 6.07) is 4.59. The SMILES string of the molecule is COC(=O)c1ccc(Cl)c(N2CC(C(=O)NCC(C)C)CC2=O)c1. The van der Waals surface area contributed by atoms with E-state index in [0.717, 1.165) is 0 Å². The van der Waals surface area contributed by atoms with Crippen LogP contribution in [0.5, 0.6) is 0 Å². The average molecular weight is 353 g/mol. The average Bonchev–Trinajstić information content (AvgIpc) is 2.94. The van der Waals surface area contributed by atoms with E-state index in [9.17, 15) is 14.4 Å². The van der Waals surface area contributed by atoms with Gasteiger partial charge in [-0.15, -0.1) is 0 Å². The summed E-state index contributed by atoms with van der Waals surface area (Å²) in [7, 11) is 1.28. The Morgan fingerprint density at radius 3 is 2.75 bits per heavy atom. The minimum atomic E-state index is -0.509. The first kappa shape index (κ1) is 18.3. The van der Waals surface area contributed by atoms with Crippen molar-refractivity contribution in [3.8, 4) is 0 Å². The van der Waals surface area contributed by atoms with Crippen LogP contribution in [-0.4, -0.2) is 38.0 Å². The third-order valence-electron chi connectivity index (χ3n) is 3.84. The predicted molar refractivity (Wildman–Crippen MR) is 91.1 cm³/mol. The van der Waals surface area contributed by atoms with E-state index in [0.29, 0.717) is 28.7 Å². The van der Waals surface area contributed by atoms with Crippen LogP contribution in [0, 0.1) is 11.8 Å². The fourth-order valence-electron chi connectivity index (χ4n) is 2.53. The highest BCUT2D eigenvalue weighted by atomic mass is 35.5. The van der Waals surface area contributed by atoms with Gasteiger partial charge in [-0.05, 0) is 24.1 Å². The van der Waals surface area contributed by atoms with Gasteiger partial charge in [0.25, 0.3) is 0 Å². The number of benzene rings is 1. The number of rotatable bonds is 5. The second-order valence-electron chi connectivity index (χ2n) is 6.20. The molecule has 0 aromatic heterocycles. The third kappa shape index (κ3) is 4.06. The van der Waals surface area contributed by atoms with E-state index in [1.165, 1.54) is 24.1 Å². The van der Waals surface area contributed by atoms with E-state index in [1.54, 1.807) is 6.07 Å². The molecule has 0 bridgehead atoms. The molecule has 24 heavy (non-hydrogen) atoms. The molecule has 130 valence electrons. The van der Waals surface area contributed by atoms with E-state index in [2.05, 4.69) is 10.1 Å². The summed E-state index contributed by atoms with van der Waals surface area (Å²) in [5.41, 5.74) is 0.723. The Kier molecular flexibility index (Phi) is 5.83. The Morgan fingerprint density at radius 1 is 1.42 bits per heavy atom. The maximum Gasteiger partial charge on any atom is 0.337 e. The molecular weight excluding hydrogens is 332 g/mol. The molecule has 0 radical (unpaired) electrons. The van der Waals surface area contributed by atoms with Crippen LogP contribution >= 0.6 is 11.6 Å². The van der Waals surface area contributed by atoms with Gasteiger partial charge in [0.15, 0.2) is 0 Å². The van der Waals surface area contributed by atoms with E-state index in [4.69, 9.17) is 11.6 Å². The number of hydrogen-bond acceptors (Lipinski definition) is 4. The molecule has 1 aliphatic rings. The number of methoxy groups -OCH3 is 1. The Bertz CT molecular complexity index is 660. The predicted octanol–water partition coefficient (Wildman–Crippen LogP) is 2.25. The Labute approximate surface area is 146 Å². The molecule has 0 spiro atoms. The molecule has 0 aliphatic carbocycles. The van der Waals surface area contributed by atoms with Crippen LogP contribution in [0.2, 0.25) is 5.02 Å². The quantitative estimate of drug-likeness (QED) is 0.825. The van der Waals surface area contributed by atoms with Crippen LogP contribution in [-0.2, 0) is 14.3 Å². The van der Waals surface area contributed by atoms with Gasteiger partial charge in [-0.3, -0.25) is 9.59 Å². The number of carbonyl (C=O) groups excluding carboxylic acids is 3. The highest BCUT2D eigenvalue weighted by molar-refractivity contribution is 6.34. The van der Waals surface area contributed by atoms with Gasteiger partial charge < -0.3 is 15.0 Å². The van der Waals surface area contributed by atoms with Crippen LogP contribution in [0.15, 0.2) is 18.2 Å². The monoisotopic (exact) mass is 352 g/mol. The van der Waals surface area contributed by atoms with Gasteiger partial charge in [-0.25, -0.2) is 4.79 Å². The van der Waals surface area contributed by atoms with Crippen molar-refractivity contribution in [2.24, 2.45) is 11.8 Å². The molecule has 7 heteroatoms. The molecule has 1 heterocycles. The highest BCUT2D eigenvalue weighted by Gasteiger charge is 2.36. The molecule has 1 N–H and O–H groups in total. The van der Waals surface area contributed by atoms with Gasteiger partial charge in [-0.2, -0.15) is 0 Å². The number of amides is 2. The van der Waals surface area contributed by atoms with Crippen molar-refractivity contribution < 1.29 is 19.1 Å². The maximum absolute atomic E-state index is 12.3.